The second-order valence-electron chi connectivity index (χ2n) is 8.85. The summed E-state index contributed by atoms with van der Waals surface area (Å²) >= 11 is 0. The van der Waals surface area contributed by atoms with Gasteiger partial charge in [-0.05, 0) is 68.9 Å². The minimum absolute atomic E-state index is 0.0672. The van der Waals surface area contributed by atoms with Crippen LogP contribution in [0.5, 0.6) is 0 Å². The van der Waals surface area contributed by atoms with Gasteiger partial charge in [0.2, 0.25) is 0 Å². The number of likely N-dealkylation sites (tertiary alicyclic amines) is 1. The monoisotopic (exact) mass is 445 g/mol. The molecule has 1 unspecified atom stereocenters. The zero-order valence-electron chi connectivity index (χ0n) is 18.9. The van der Waals surface area contributed by atoms with Crippen LogP contribution >= 0.6 is 0 Å². The van der Waals surface area contributed by atoms with E-state index in [9.17, 15) is 9.18 Å². The van der Waals surface area contributed by atoms with Gasteiger partial charge in [-0.3, -0.25) is 9.78 Å². The van der Waals surface area contributed by atoms with Gasteiger partial charge in [0, 0.05) is 37.1 Å². The molecule has 5 rings (SSSR count). The lowest BCUT2D eigenvalue weighted by Gasteiger charge is -2.36. The molecule has 33 heavy (non-hydrogen) atoms. The number of benzene rings is 1. The first-order chi connectivity index (χ1) is 16.1. The zero-order valence-corrected chi connectivity index (χ0v) is 18.9. The Bertz CT molecular complexity index is 1140. The Kier molecular flexibility index (Phi) is 6.03. The summed E-state index contributed by atoms with van der Waals surface area (Å²) in [4.78, 5) is 31.6. The van der Waals surface area contributed by atoms with Crippen molar-refractivity contribution in [1.82, 2.24) is 19.9 Å². The van der Waals surface area contributed by atoms with Gasteiger partial charge in [0.25, 0.3) is 5.91 Å². The molecule has 0 bridgehead atoms. The van der Waals surface area contributed by atoms with Crippen LogP contribution in [0.4, 0.5) is 10.2 Å². The second-order valence-corrected chi connectivity index (χ2v) is 8.85. The fourth-order valence-electron chi connectivity index (χ4n) is 4.90. The van der Waals surface area contributed by atoms with E-state index in [4.69, 9.17) is 9.97 Å². The highest BCUT2D eigenvalue weighted by molar-refractivity contribution is 5.92. The molecule has 0 spiro atoms. The fourth-order valence-corrected chi connectivity index (χ4v) is 4.90. The fraction of sp³-hybridized carbons (Fsp3) is 0.385. The van der Waals surface area contributed by atoms with Gasteiger partial charge < -0.3 is 9.80 Å². The standard InChI is InChI=1S/C26H28FN5O/c1-18-21-7-6-15-31(17-19-10-12-20(27)13-11-19)25(21)30-24(29-18)23-9-3-5-16-32(23)26(33)22-8-2-4-14-28-22/h2,4,8,10-14,23H,3,5-7,9,15-17H2,1H3. The maximum atomic E-state index is 13.4. The van der Waals surface area contributed by atoms with Crippen LogP contribution in [-0.4, -0.2) is 38.8 Å². The molecular weight excluding hydrogens is 417 g/mol. The van der Waals surface area contributed by atoms with Crippen LogP contribution in [0.2, 0.25) is 0 Å². The number of piperidine rings is 1. The highest BCUT2D eigenvalue weighted by Gasteiger charge is 2.33. The van der Waals surface area contributed by atoms with E-state index in [0.29, 0.717) is 24.6 Å². The molecule has 2 aliphatic heterocycles. The summed E-state index contributed by atoms with van der Waals surface area (Å²) in [5.41, 5.74) is 3.66. The number of halogens is 1. The summed E-state index contributed by atoms with van der Waals surface area (Å²) < 4.78 is 13.4. The van der Waals surface area contributed by atoms with Crippen LogP contribution < -0.4 is 4.90 Å². The number of aryl methyl sites for hydroxylation is 1. The highest BCUT2D eigenvalue weighted by Crippen LogP contribution is 2.34. The Balaban J connectivity index is 1.47. The summed E-state index contributed by atoms with van der Waals surface area (Å²) in [7, 11) is 0. The van der Waals surface area contributed by atoms with E-state index in [1.165, 1.54) is 17.7 Å². The summed E-state index contributed by atoms with van der Waals surface area (Å²) in [5.74, 6) is 1.36. The van der Waals surface area contributed by atoms with E-state index in [1.54, 1.807) is 12.3 Å². The van der Waals surface area contributed by atoms with Crippen LogP contribution in [0.3, 0.4) is 0 Å². The highest BCUT2D eigenvalue weighted by atomic mass is 19.1. The van der Waals surface area contributed by atoms with Crippen molar-refractivity contribution in [2.75, 3.05) is 18.0 Å². The van der Waals surface area contributed by atoms with Crippen molar-refractivity contribution in [3.63, 3.8) is 0 Å². The number of fused-ring (bicyclic) bond motifs is 1. The molecule has 6 nitrogen and oxygen atoms in total. The van der Waals surface area contributed by atoms with Gasteiger partial charge in [-0.2, -0.15) is 0 Å². The van der Waals surface area contributed by atoms with E-state index in [1.807, 2.05) is 36.1 Å². The third kappa shape index (κ3) is 4.45. The van der Waals surface area contributed by atoms with Crippen molar-refractivity contribution >= 4 is 11.7 Å². The predicted molar refractivity (Wildman–Crippen MR) is 124 cm³/mol. The van der Waals surface area contributed by atoms with Gasteiger partial charge in [-0.1, -0.05) is 18.2 Å². The van der Waals surface area contributed by atoms with Crippen LogP contribution in [0.15, 0.2) is 48.7 Å². The Morgan fingerprint density at radius 3 is 2.70 bits per heavy atom. The molecule has 1 aromatic carbocycles. The van der Waals surface area contributed by atoms with Crippen LogP contribution in [0.25, 0.3) is 0 Å². The van der Waals surface area contributed by atoms with Gasteiger partial charge in [0.1, 0.15) is 17.3 Å². The molecule has 1 amide bonds. The predicted octanol–water partition coefficient (Wildman–Crippen LogP) is 4.64. The smallest absolute Gasteiger partial charge is 0.273 e. The molecular formula is C26H28FN5O. The summed E-state index contributed by atoms with van der Waals surface area (Å²) in [6, 6.07) is 11.9. The maximum absolute atomic E-state index is 13.4. The van der Waals surface area contributed by atoms with E-state index in [0.717, 1.165) is 55.7 Å². The first-order valence-corrected chi connectivity index (χ1v) is 11.7. The molecule has 2 aromatic heterocycles. The van der Waals surface area contributed by atoms with Crippen molar-refractivity contribution in [2.45, 2.75) is 51.6 Å². The van der Waals surface area contributed by atoms with Gasteiger partial charge in [0.05, 0.1) is 6.04 Å². The number of hydrogen-bond donors (Lipinski definition) is 0. The summed E-state index contributed by atoms with van der Waals surface area (Å²) in [6.45, 7) is 4.28. The first kappa shape index (κ1) is 21.5. The molecule has 2 aliphatic rings. The van der Waals surface area contributed by atoms with E-state index in [2.05, 4.69) is 9.88 Å². The lowest BCUT2D eigenvalue weighted by molar-refractivity contribution is 0.0593. The first-order valence-electron chi connectivity index (χ1n) is 11.7. The average Bonchev–Trinajstić information content (AvgIpc) is 2.86. The molecule has 1 atom stereocenters. The van der Waals surface area contributed by atoms with Gasteiger partial charge in [-0.15, -0.1) is 0 Å². The van der Waals surface area contributed by atoms with Gasteiger partial charge >= 0.3 is 0 Å². The van der Waals surface area contributed by atoms with Gasteiger partial charge in [-0.25, -0.2) is 14.4 Å². The summed E-state index contributed by atoms with van der Waals surface area (Å²) in [5, 5.41) is 0. The third-order valence-electron chi connectivity index (χ3n) is 6.60. The van der Waals surface area contributed by atoms with E-state index >= 15 is 0 Å². The minimum Gasteiger partial charge on any atom is -0.352 e. The molecule has 1 fully saturated rings. The SMILES string of the molecule is Cc1nc(C2CCCCN2C(=O)c2ccccn2)nc2c1CCCN2Cc1ccc(F)cc1. The molecule has 0 N–H and O–H groups in total. The van der Waals surface area contributed by atoms with Crippen LogP contribution in [0, 0.1) is 12.7 Å². The molecule has 0 radical (unpaired) electrons. The van der Waals surface area contributed by atoms with Crippen molar-refractivity contribution in [3.05, 3.63) is 82.8 Å². The molecule has 7 heteroatoms. The molecule has 4 heterocycles. The Morgan fingerprint density at radius 2 is 1.91 bits per heavy atom. The third-order valence-corrected chi connectivity index (χ3v) is 6.60. The van der Waals surface area contributed by atoms with E-state index < -0.39 is 0 Å². The summed E-state index contributed by atoms with van der Waals surface area (Å²) in [6.07, 6.45) is 6.48. The largest absolute Gasteiger partial charge is 0.352 e. The van der Waals surface area contributed by atoms with E-state index in [-0.39, 0.29) is 17.8 Å². The normalized spacial score (nSPS) is 18.2. The lowest BCUT2D eigenvalue weighted by Crippen LogP contribution is -2.40. The number of rotatable bonds is 4. The minimum atomic E-state index is -0.229. The second kappa shape index (κ2) is 9.25. The number of pyridine rings is 1. The number of aromatic nitrogens is 3. The Morgan fingerprint density at radius 1 is 1.06 bits per heavy atom. The topological polar surface area (TPSA) is 62.2 Å². The van der Waals surface area contributed by atoms with Gasteiger partial charge in [0.15, 0.2) is 5.82 Å². The van der Waals surface area contributed by atoms with Crippen molar-refractivity contribution in [2.24, 2.45) is 0 Å². The number of carbonyl (C=O) groups is 1. The maximum Gasteiger partial charge on any atom is 0.273 e. The molecule has 0 aliphatic carbocycles. The molecule has 1 saturated heterocycles. The number of anilines is 1. The van der Waals surface area contributed by atoms with Crippen molar-refractivity contribution < 1.29 is 9.18 Å². The lowest BCUT2D eigenvalue weighted by atomic mass is 9.99. The van der Waals surface area contributed by atoms with Crippen LogP contribution in [-0.2, 0) is 13.0 Å². The average molecular weight is 446 g/mol. The van der Waals surface area contributed by atoms with Crippen LogP contribution in [0.1, 0.15) is 64.9 Å². The van der Waals surface area contributed by atoms with Crippen molar-refractivity contribution in [1.29, 1.82) is 0 Å². The zero-order chi connectivity index (χ0) is 22.8. The number of carbonyl (C=O) groups excluding carboxylic acids is 1. The van der Waals surface area contributed by atoms with Crippen molar-refractivity contribution in [3.8, 4) is 0 Å². The molecule has 170 valence electrons. The number of nitrogens with zero attached hydrogens (tertiary/aromatic N) is 5. The Labute approximate surface area is 193 Å². The quantitative estimate of drug-likeness (QED) is 0.586. The number of hydrogen-bond acceptors (Lipinski definition) is 5. The molecule has 0 saturated carbocycles. The molecule has 3 aromatic rings. The Hall–Kier alpha value is -3.35. The number of amides is 1.